The number of aliphatic carboxylic acids is 1. The first kappa shape index (κ1) is 17.2. The van der Waals surface area contributed by atoms with Gasteiger partial charge in [0.25, 0.3) is 5.91 Å². The standard InChI is InChI=1S/C17H16N2O5S2/c1-2-24-17(23)18-4-3-13-9(7-18)5-10(26-13)6-11-14(20)19-12(16(21)22)8-25-15(11)19/h5-6,8,15H,2-4,7H2,1H3,(H,21,22)/b11-6+. The van der Waals surface area contributed by atoms with E-state index in [1.165, 1.54) is 26.9 Å². The lowest BCUT2D eigenvalue weighted by Crippen LogP contribution is -2.51. The molecular formula is C17H16N2O5S2. The molecule has 136 valence electrons. The van der Waals surface area contributed by atoms with E-state index in [-0.39, 0.29) is 23.1 Å². The Morgan fingerprint density at radius 3 is 3.00 bits per heavy atom. The highest BCUT2D eigenvalue weighted by Crippen LogP contribution is 2.45. The number of hydrogen-bond acceptors (Lipinski definition) is 6. The minimum atomic E-state index is -1.09. The second-order valence-corrected chi connectivity index (χ2v) is 8.16. The molecule has 1 fully saturated rings. The van der Waals surface area contributed by atoms with Gasteiger partial charge in [-0.25, -0.2) is 9.59 Å². The third kappa shape index (κ3) is 2.71. The lowest BCUT2D eigenvalue weighted by molar-refractivity contribution is -0.141. The molecule has 1 aromatic rings. The lowest BCUT2D eigenvalue weighted by Gasteiger charge is -2.37. The van der Waals surface area contributed by atoms with Gasteiger partial charge in [-0.05, 0) is 31.1 Å². The van der Waals surface area contributed by atoms with Gasteiger partial charge < -0.3 is 14.7 Å². The molecule has 0 radical (unpaired) electrons. The third-order valence-electron chi connectivity index (χ3n) is 4.46. The molecule has 0 bridgehead atoms. The molecule has 2 amide bonds. The first-order chi connectivity index (χ1) is 12.5. The van der Waals surface area contributed by atoms with Crippen LogP contribution in [0.25, 0.3) is 6.08 Å². The van der Waals surface area contributed by atoms with Gasteiger partial charge in [0.15, 0.2) is 0 Å². The van der Waals surface area contributed by atoms with E-state index >= 15 is 0 Å². The molecule has 1 atom stereocenters. The monoisotopic (exact) mass is 392 g/mol. The summed E-state index contributed by atoms with van der Waals surface area (Å²) in [7, 11) is 0. The largest absolute Gasteiger partial charge is 0.477 e. The summed E-state index contributed by atoms with van der Waals surface area (Å²) in [6.07, 6.45) is 2.31. The Kier molecular flexibility index (Phi) is 4.28. The molecule has 0 aromatic carbocycles. The molecule has 3 aliphatic rings. The molecule has 4 heterocycles. The summed E-state index contributed by atoms with van der Waals surface area (Å²) in [5.41, 5.74) is 1.73. The first-order valence-corrected chi connectivity index (χ1v) is 9.93. The molecule has 9 heteroatoms. The van der Waals surface area contributed by atoms with Crippen LogP contribution in [0.15, 0.2) is 22.7 Å². The number of fused-ring (bicyclic) bond motifs is 2. The van der Waals surface area contributed by atoms with Crippen LogP contribution in [0, 0.1) is 0 Å². The molecular weight excluding hydrogens is 376 g/mol. The fourth-order valence-corrected chi connectivity index (χ4v) is 5.46. The highest BCUT2D eigenvalue weighted by Gasteiger charge is 2.49. The van der Waals surface area contributed by atoms with Crippen molar-refractivity contribution in [3.05, 3.63) is 38.1 Å². The molecule has 0 aliphatic carbocycles. The number of thioether (sulfide) groups is 1. The third-order valence-corrected chi connectivity index (χ3v) is 6.73. The Morgan fingerprint density at radius 2 is 2.27 bits per heavy atom. The summed E-state index contributed by atoms with van der Waals surface area (Å²) in [4.78, 5) is 40.5. The van der Waals surface area contributed by atoms with Crippen LogP contribution in [0.3, 0.4) is 0 Å². The second kappa shape index (κ2) is 6.48. The molecule has 1 saturated heterocycles. The van der Waals surface area contributed by atoms with Crippen LogP contribution >= 0.6 is 23.1 Å². The topological polar surface area (TPSA) is 87.2 Å². The van der Waals surface area contributed by atoms with Crippen LogP contribution < -0.4 is 0 Å². The predicted molar refractivity (Wildman–Crippen MR) is 97.4 cm³/mol. The van der Waals surface area contributed by atoms with Crippen molar-refractivity contribution in [1.29, 1.82) is 0 Å². The van der Waals surface area contributed by atoms with E-state index in [0.29, 0.717) is 25.3 Å². The van der Waals surface area contributed by atoms with Crippen LogP contribution in [-0.4, -0.2) is 51.4 Å². The minimum absolute atomic E-state index is 0.0395. The summed E-state index contributed by atoms with van der Waals surface area (Å²) in [6, 6.07) is 2.00. The Hall–Kier alpha value is -2.26. The van der Waals surface area contributed by atoms with Gasteiger partial charge >= 0.3 is 12.1 Å². The van der Waals surface area contributed by atoms with Gasteiger partial charge in [-0.15, -0.1) is 23.1 Å². The highest BCUT2D eigenvalue weighted by atomic mass is 32.2. The van der Waals surface area contributed by atoms with Crippen molar-refractivity contribution in [3.8, 4) is 0 Å². The van der Waals surface area contributed by atoms with E-state index in [9.17, 15) is 14.4 Å². The van der Waals surface area contributed by atoms with Crippen molar-refractivity contribution in [3.63, 3.8) is 0 Å². The summed E-state index contributed by atoms with van der Waals surface area (Å²) >= 11 is 2.95. The van der Waals surface area contributed by atoms with E-state index < -0.39 is 5.97 Å². The van der Waals surface area contributed by atoms with E-state index in [0.717, 1.165) is 16.9 Å². The number of hydrogen-bond donors (Lipinski definition) is 1. The molecule has 1 N–H and O–H groups in total. The number of carboxylic acid groups (broad SMARTS) is 1. The molecule has 0 spiro atoms. The Balaban J connectivity index is 1.50. The smallest absolute Gasteiger partial charge is 0.410 e. The van der Waals surface area contributed by atoms with E-state index in [1.54, 1.807) is 23.2 Å². The summed E-state index contributed by atoms with van der Waals surface area (Å²) in [5.74, 6) is -1.34. The van der Waals surface area contributed by atoms with Gasteiger partial charge in [0.05, 0.1) is 18.7 Å². The second-order valence-electron chi connectivity index (χ2n) is 6.04. The lowest BCUT2D eigenvalue weighted by atomic mass is 10.0. The SMILES string of the molecule is CCOC(=O)N1CCc2sc(/C=C3\C(=O)N4C(C(=O)O)=CSC34)cc2C1. The van der Waals surface area contributed by atoms with Crippen molar-refractivity contribution in [1.82, 2.24) is 9.80 Å². The van der Waals surface area contributed by atoms with E-state index in [2.05, 4.69) is 0 Å². The normalized spacial score (nSPS) is 22.7. The Bertz CT molecular complexity index is 873. The summed E-state index contributed by atoms with van der Waals surface area (Å²) in [5, 5.41) is 10.4. The van der Waals surface area contributed by atoms with Gasteiger partial charge in [-0.1, -0.05) is 0 Å². The van der Waals surface area contributed by atoms with Crippen LogP contribution in [0.4, 0.5) is 4.79 Å². The van der Waals surface area contributed by atoms with Gasteiger partial charge in [0.1, 0.15) is 11.1 Å². The van der Waals surface area contributed by atoms with Crippen molar-refractivity contribution >= 4 is 47.1 Å². The number of carbonyl (C=O) groups is 3. The van der Waals surface area contributed by atoms with E-state index in [4.69, 9.17) is 9.84 Å². The maximum absolute atomic E-state index is 12.3. The average molecular weight is 392 g/mol. The number of nitrogens with zero attached hydrogens (tertiary/aromatic N) is 2. The fourth-order valence-electron chi connectivity index (χ4n) is 3.22. The number of β-lactam (4-membered cyclic amide) rings is 1. The van der Waals surface area contributed by atoms with Gasteiger partial charge in [0, 0.05) is 21.7 Å². The average Bonchev–Trinajstić information content (AvgIpc) is 3.20. The van der Waals surface area contributed by atoms with Crippen LogP contribution in [0.1, 0.15) is 22.2 Å². The molecule has 1 aromatic heterocycles. The van der Waals surface area contributed by atoms with Crippen molar-refractivity contribution in [2.75, 3.05) is 13.2 Å². The Labute approximate surface area is 157 Å². The molecule has 7 nitrogen and oxygen atoms in total. The number of ether oxygens (including phenoxy) is 1. The number of rotatable bonds is 3. The highest BCUT2D eigenvalue weighted by molar-refractivity contribution is 8.03. The predicted octanol–water partition coefficient (Wildman–Crippen LogP) is 2.49. The summed E-state index contributed by atoms with van der Waals surface area (Å²) < 4.78 is 5.06. The zero-order valence-corrected chi connectivity index (χ0v) is 15.6. The van der Waals surface area contributed by atoms with Gasteiger partial charge in [-0.2, -0.15) is 0 Å². The van der Waals surface area contributed by atoms with Gasteiger partial charge in [-0.3, -0.25) is 9.69 Å². The molecule has 0 saturated carbocycles. The fraction of sp³-hybridized carbons (Fsp3) is 0.353. The maximum Gasteiger partial charge on any atom is 0.410 e. The minimum Gasteiger partial charge on any atom is -0.477 e. The van der Waals surface area contributed by atoms with Crippen molar-refractivity contribution < 1.29 is 24.2 Å². The number of thiophene rings is 1. The van der Waals surface area contributed by atoms with Crippen LogP contribution in [0.5, 0.6) is 0 Å². The maximum atomic E-state index is 12.3. The zero-order chi connectivity index (χ0) is 18.4. The van der Waals surface area contributed by atoms with Crippen LogP contribution in [-0.2, 0) is 27.3 Å². The quantitative estimate of drug-likeness (QED) is 0.628. The Morgan fingerprint density at radius 1 is 1.46 bits per heavy atom. The first-order valence-electron chi connectivity index (χ1n) is 8.17. The summed E-state index contributed by atoms with van der Waals surface area (Å²) in [6.45, 7) is 3.27. The van der Waals surface area contributed by atoms with Gasteiger partial charge in [0.2, 0.25) is 0 Å². The molecule has 3 aliphatic heterocycles. The molecule has 4 rings (SSSR count). The molecule has 1 unspecified atom stereocenters. The number of carboxylic acids is 1. The number of carbonyl (C=O) groups excluding carboxylic acids is 2. The zero-order valence-electron chi connectivity index (χ0n) is 13.9. The van der Waals surface area contributed by atoms with Crippen molar-refractivity contribution in [2.45, 2.75) is 25.3 Å². The van der Waals surface area contributed by atoms with Crippen LogP contribution in [0.2, 0.25) is 0 Å². The number of amides is 2. The molecule has 26 heavy (non-hydrogen) atoms. The van der Waals surface area contributed by atoms with Crippen molar-refractivity contribution in [2.24, 2.45) is 0 Å². The van der Waals surface area contributed by atoms with E-state index in [1.807, 2.05) is 12.1 Å².